The summed E-state index contributed by atoms with van der Waals surface area (Å²) in [6.07, 6.45) is 0.547. The number of benzene rings is 2. The van der Waals surface area contributed by atoms with Gasteiger partial charge in [-0.1, -0.05) is 12.1 Å². The van der Waals surface area contributed by atoms with Crippen LogP contribution in [0, 0.1) is 0 Å². The van der Waals surface area contributed by atoms with Crippen molar-refractivity contribution in [2.45, 2.75) is 25.1 Å². The molecular formula is C23H30N2O5S. The van der Waals surface area contributed by atoms with Gasteiger partial charge in [-0.3, -0.25) is 9.69 Å². The number of aldehydes is 1. The van der Waals surface area contributed by atoms with Crippen LogP contribution in [0.1, 0.15) is 22.3 Å². The third-order valence-corrected chi connectivity index (χ3v) is 7.22. The first kappa shape index (κ1) is 23.2. The maximum atomic E-state index is 12.0. The Kier molecular flexibility index (Phi) is 7.69. The Morgan fingerprint density at radius 1 is 1.13 bits per heavy atom. The third-order valence-electron chi connectivity index (χ3n) is 5.47. The van der Waals surface area contributed by atoms with Gasteiger partial charge in [-0.2, -0.15) is 0 Å². The molecule has 0 aliphatic carbocycles. The Morgan fingerprint density at radius 2 is 1.81 bits per heavy atom. The number of sulfone groups is 1. The maximum Gasteiger partial charge on any atom is 0.151 e. The predicted molar refractivity (Wildman–Crippen MR) is 122 cm³/mol. The van der Waals surface area contributed by atoms with Gasteiger partial charge in [0.25, 0.3) is 0 Å². The molecule has 8 heteroatoms. The smallest absolute Gasteiger partial charge is 0.151 e. The molecule has 3 rings (SSSR count). The molecular weight excluding hydrogens is 416 g/mol. The number of hydrogen-bond donors (Lipinski definition) is 1. The molecule has 1 fully saturated rings. The summed E-state index contributed by atoms with van der Waals surface area (Å²) >= 11 is 0. The van der Waals surface area contributed by atoms with Crippen LogP contribution in [0.2, 0.25) is 0 Å². The summed E-state index contributed by atoms with van der Waals surface area (Å²) in [6, 6.07) is 14.7. The van der Waals surface area contributed by atoms with E-state index in [4.69, 9.17) is 4.74 Å². The van der Waals surface area contributed by atoms with Crippen molar-refractivity contribution in [3.63, 3.8) is 0 Å². The van der Waals surface area contributed by atoms with Gasteiger partial charge in [0.1, 0.15) is 24.7 Å². The molecule has 1 saturated heterocycles. The van der Waals surface area contributed by atoms with E-state index < -0.39 is 15.9 Å². The minimum absolute atomic E-state index is 0.0793. The Bertz CT molecular complexity index is 958. The molecule has 7 nitrogen and oxygen atoms in total. The van der Waals surface area contributed by atoms with E-state index in [1.165, 1.54) is 0 Å². The number of nitrogens with zero attached hydrogens (tertiary/aromatic N) is 2. The second-order valence-corrected chi connectivity index (χ2v) is 10.4. The van der Waals surface area contributed by atoms with Gasteiger partial charge in [0.15, 0.2) is 9.84 Å². The second kappa shape index (κ2) is 10.3. The highest BCUT2D eigenvalue weighted by Crippen LogP contribution is 2.22. The Morgan fingerprint density at radius 3 is 2.35 bits per heavy atom. The maximum absolute atomic E-state index is 12.0. The monoisotopic (exact) mass is 446 g/mol. The summed E-state index contributed by atoms with van der Waals surface area (Å²) in [4.78, 5) is 14.8. The summed E-state index contributed by atoms with van der Waals surface area (Å²) in [6.45, 7) is 0.941. The number of aliphatic hydroxyl groups excluding tert-OH is 1. The molecule has 0 aromatic heterocycles. The molecule has 0 bridgehead atoms. The Labute approximate surface area is 184 Å². The molecule has 2 aromatic carbocycles. The molecule has 2 unspecified atom stereocenters. The van der Waals surface area contributed by atoms with E-state index in [0.29, 0.717) is 30.8 Å². The number of carbonyl (C=O) groups is 1. The first-order valence-electron chi connectivity index (χ1n) is 10.3. The number of ether oxygens (including phenoxy) is 1. The van der Waals surface area contributed by atoms with Crippen LogP contribution in [0.3, 0.4) is 0 Å². The molecule has 1 N–H and O–H groups in total. The van der Waals surface area contributed by atoms with Crippen molar-refractivity contribution in [2.24, 2.45) is 0 Å². The molecule has 2 aromatic rings. The van der Waals surface area contributed by atoms with E-state index in [0.717, 1.165) is 17.5 Å². The molecule has 0 saturated carbocycles. The van der Waals surface area contributed by atoms with Gasteiger partial charge in [-0.25, -0.2) is 8.42 Å². The van der Waals surface area contributed by atoms with E-state index in [2.05, 4.69) is 0 Å². The van der Waals surface area contributed by atoms with Crippen LogP contribution in [0.15, 0.2) is 48.5 Å². The van der Waals surface area contributed by atoms with Gasteiger partial charge in [0.2, 0.25) is 0 Å². The molecule has 0 spiro atoms. The van der Waals surface area contributed by atoms with E-state index >= 15 is 0 Å². The van der Waals surface area contributed by atoms with Crippen LogP contribution in [-0.2, 0) is 16.4 Å². The number of anilines is 1. The van der Waals surface area contributed by atoms with E-state index in [9.17, 15) is 18.3 Å². The minimum atomic E-state index is -3.04. The summed E-state index contributed by atoms with van der Waals surface area (Å²) in [7, 11) is 0.921. The molecule has 1 aliphatic heterocycles. The predicted octanol–water partition coefficient (Wildman–Crippen LogP) is 1.99. The summed E-state index contributed by atoms with van der Waals surface area (Å²) in [5.74, 6) is 0.867. The number of hydrogen-bond acceptors (Lipinski definition) is 7. The molecule has 168 valence electrons. The highest BCUT2D eigenvalue weighted by atomic mass is 32.2. The minimum Gasteiger partial charge on any atom is -0.491 e. The van der Waals surface area contributed by atoms with Crippen molar-refractivity contribution in [1.82, 2.24) is 4.90 Å². The van der Waals surface area contributed by atoms with E-state index in [1.54, 1.807) is 24.3 Å². The summed E-state index contributed by atoms with van der Waals surface area (Å²) in [5.41, 5.74) is 2.71. The first-order chi connectivity index (χ1) is 14.8. The van der Waals surface area contributed by atoms with Gasteiger partial charge in [-0.05, 0) is 48.4 Å². The molecule has 1 heterocycles. The van der Waals surface area contributed by atoms with Crippen LogP contribution < -0.4 is 9.64 Å². The van der Waals surface area contributed by atoms with Gasteiger partial charge < -0.3 is 14.7 Å². The summed E-state index contributed by atoms with van der Waals surface area (Å²) in [5, 5.41) is 10.6. The van der Waals surface area contributed by atoms with Gasteiger partial charge in [-0.15, -0.1) is 0 Å². The normalized spacial score (nSPS) is 18.6. The molecule has 2 atom stereocenters. The molecule has 0 amide bonds. The molecule has 1 aliphatic rings. The van der Waals surface area contributed by atoms with Gasteiger partial charge in [0.05, 0.1) is 11.5 Å². The second-order valence-electron chi connectivity index (χ2n) is 8.20. The van der Waals surface area contributed by atoms with Gasteiger partial charge in [0, 0.05) is 44.5 Å². The largest absolute Gasteiger partial charge is 0.491 e. The van der Waals surface area contributed by atoms with Gasteiger partial charge >= 0.3 is 0 Å². The van der Waals surface area contributed by atoms with Crippen LogP contribution in [0.5, 0.6) is 5.75 Å². The lowest BCUT2D eigenvalue weighted by Crippen LogP contribution is -2.42. The average Bonchev–Trinajstić information content (AvgIpc) is 3.12. The van der Waals surface area contributed by atoms with E-state index in [1.807, 2.05) is 48.2 Å². The molecule has 31 heavy (non-hydrogen) atoms. The van der Waals surface area contributed by atoms with Crippen molar-refractivity contribution in [1.29, 1.82) is 0 Å². The zero-order valence-corrected chi connectivity index (χ0v) is 18.8. The number of carbonyl (C=O) groups excluding carboxylic acids is 1. The first-order valence-corrected chi connectivity index (χ1v) is 12.1. The van der Waals surface area contributed by atoms with Crippen molar-refractivity contribution in [3.05, 3.63) is 59.7 Å². The van der Waals surface area contributed by atoms with Crippen LogP contribution in [-0.4, -0.2) is 75.6 Å². The van der Waals surface area contributed by atoms with E-state index in [-0.39, 0.29) is 24.2 Å². The lowest BCUT2D eigenvalue weighted by Gasteiger charge is -2.30. The Hall–Kier alpha value is -2.42. The quantitative estimate of drug-likeness (QED) is 0.559. The SMILES string of the molecule is CN(C)c1ccc(CN(CC(O)COc2ccc(C=O)cc2)C2CCS(=O)(=O)C2)cc1. The fourth-order valence-electron chi connectivity index (χ4n) is 3.70. The van der Waals surface area contributed by atoms with Crippen LogP contribution >= 0.6 is 0 Å². The Balaban J connectivity index is 1.64. The summed E-state index contributed by atoms with van der Waals surface area (Å²) < 4.78 is 29.7. The molecule has 0 radical (unpaired) electrons. The zero-order chi connectivity index (χ0) is 22.4. The van der Waals surface area contributed by atoms with Crippen LogP contribution in [0.25, 0.3) is 0 Å². The third kappa shape index (κ3) is 6.78. The topological polar surface area (TPSA) is 87.2 Å². The lowest BCUT2D eigenvalue weighted by atomic mass is 10.1. The van der Waals surface area contributed by atoms with Crippen LogP contribution in [0.4, 0.5) is 5.69 Å². The number of aliphatic hydroxyl groups is 1. The highest BCUT2D eigenvalue weighted by Gasteiger charge is 2.33. The average molecular weight is 447 g/mol. The van der Waals surface area contributed by atoms with Crippen molar-refractivity contribution < 1.29 is 23.1 Å². The fourth-order valence-corrected chi connectivity index (χ4v) is 5.46. The van der Waals surface area contributed by atoms with Crippen molar-refractivity contribution in [2.75, 3.05) is 43.7 Å². The fraction of sp³-hybridized carbons (Fsp3) is 0.435. The number of rotatable bonds is 10. The highest BCUT2D eigenvalue weighted by molar-refractivity contribution is 7.91. The zero-order valence-electron chi connectivity index (χ0n) is 18.0. The van der Waals surface area contributed by atoms with Crippen molar-refractivity contribution in [3.8, 4) is 5.75 Å². The standard InChI is InChI=1S/C23H30N2O5S/c1-24(2)20-7-3-18(4-8-20)13-25(21-11-12-31(28,29)17-21)14-22(27)16-30-23-9-5-19(15-26)6-10-23/h3-10,15,21-22,27H,11-14,16-17H2,1-2H3. The lowest BCUT2D eigenvalue weighted by molar-refractivity contribution is 0.0524. The van der Waals surface area contributed by atoms with Crippen molar-refractivity contribution >= 4 is 21.8 Å².